The monoisotopic (exact) mass is 370 g/mol. The predicted molar refractivity (Wildman–Crippen MR) is 71.9 cm³/mol. The highest BCUT2D eigenvalue weighted by Gasteiger charge is 2.34. The SMILES string of the molecule is C/N=N/c1cc2c(cc1S(=O)(=O)O)S(=O)(=O)OCCS2(=O)=O. The van der Waals surface area contributed by atoms with E-state index in [1.165, 1.54) is 7.05 Å². The van der Waals surface area contributed by atoms with Gasteiger partial charge in [0.1, 0.15) is 15.5 Å². The lowest BCUT2D eigenvalue weighted by atomic mass is 10.3. The van der Waals surface area contributed by atoms with Crippen LogP contribution in [0.5, 0.6) is 0 Å². The van der Waals surface area contributed by atoms with Crippen molar-refractivity contribution in [1.29, 1.82) is 0 Å². The molecule has 22 heavy (non-hydrogen) atoms. The van der Waals surface area contributed by atoms with Gasteiger partial charge in [-0.15, -0.1) is 0 Å². The largest absolute Gasteiger partial charge is 0.298 e. The molecule has 1 N–H and O–H groups in total. The van der Waals surface area contributed by atoms with Crippen molar-refractivity contribution in [3.8, 4) is 0 Å². The third-order valence-corrected chi connectivity index (χ3v) is 6.78. The molecule has 0 fully saturated rings. The highest BCUT2D eigenvalue weighted by molar-refractivity contribution is 7.93. The Bertz CT molecular complexity index is 960. The first-order valence-corrected chi connectivity index (χ1v) is 10.1. The van der Waals surface area contributed by atoms with E-state index in [-0.39, 0.29) is 0 Å². The van der Waals surface area contributed by atoms with Crippen molar-refractivity contribution in [3.05, 3.63) is 12.1 Å². The van der Waals surface area contributed by atoms with Gasteiger partial charge in [0.25, 0.3) is 20.2 Å². The van der Waals surface area contributed by atoms with E-state index in [0.29, 0.717) is 6.07 Å². The van der Waals surface area contributed by atoms with E-state index in [1.54, 1.807) is 0 Å². The summed E-state index contributed by atoms with van der Waals surface area (Å²) in [7, 11) is -12.2. The average Bonchev–Trinajstić information content (AvgIpc) is 2.44. The number of fused-ring (bicyclic) bond motifs is 1. The molecule has 0 amide bonds. The maximum Gasteiger partial charge on any atom is 0.298 e. The lowest BCUT2D eigenvalue weighted by Crippen LogP contribution is -2.10. The fraction of sp³-hybridized carbons (Fsp3) is 0.333. The van der Waals surface area contributed by atoms with Crippen molar-refractivity contribution in [3.63, 3.8) is 0 Å². The molecule has 0 aliphatic carbocycles. The van der Waals surface area contributed by atoms with Crippen LogP contribution in [-0.2, 0) is 34.3 Å². The quantitative estimate of drug-likeness (QED) is 0.437. The molecule has 1 aliphatic heterocycles. The van der Waals surface area contributed by atoms with E-state index in [0.717, 1.165) is 6.07 Å². The van der Waals surface area contributed by atoms with Gasteiger partial charge in [-0.25, -0.2) is 8.42 Å². The predicted octanol–water partition coefficient (Wildman–Crippen LogP) is 0.139. The molecule has 0 spiro atoms. The van der Waals surface area contributed by atoms with Gasteiger partial charge in [0.15, 0.2) is 9.84 Å². The molecule has 122 valence electrons. The molecule has 1 aromatic rings. The maximum atomic E-state index is 12.1. The molecule has 1 aliphatic rings. The van der Waals surface area contributed by atoms with Crippen LogP contribution < -0.4 is 0 Å². The van der Waals surface area contributed by atoms with Gasteiger partial charge >= 0.3 is 0 Å². The number of hydrogen-bond donors (Lipinski definition) is 1. The molecular formula is C9H10N2O8S3. The molecule has 0 saturated carbocycles. The Morgan fingerprint density at radius 3 is 2.36 bits per heavy atom. The second kappa shape index (κ2) is 5.34. The number of rotatable bonds is 2. The average molecular weight is 370 g/mol. The third-order valence-electron chi connectivity index (χ3n) is 2.71. The van der Waals surface area contributed by atoms with E-state index in [4.69, 9.17) is 4.55 Å². The summed E-state index contributed by atoms with van der Waals surface area (Å²) >= 11 is 0. The Morgan fingerprint density at radius 1 is 1.18 bits per heavy atom. The number of hydrogen-bond acceptors (Lipinski definition) is 9. The maximum absolute atomic E-state index is 12.1. The molecule has 0 aromatic heterocycles. The van der Waals surface area contributed by atoms with Crippen LogP contribution in [0.15, 0.2) is 37.0 Å². The number of sulfone groups is 1. The Morgan fingerprint density at radius 2 is 1.82 bits per heavy atom. The summed E-state index contributed by atoms with van der Waals surface area (Å²) in [6, 6.07) is 1.22. The highest BCUT2D eigenvalue weighted by atomic mass is 32.2. The van der Waals surface area contributed by atoms with Crippen molar-refractivity contribution >= 4 is 35.8 Å². The fourth-order valence-electron chi connectivity index (χ4n) is 1.79. The van der Waals surface area contributed by atoms with E-state index in [9.17, 15) is 25.3 Å². The summed E-state index contributed by atoms with van der Waals surface area (Å²) in [4.78, 5) is -2.41. The molecule has 0 atom stereocenters. The highest BCUT2D eigenvalue weighted by Crippen LogP contribution is 2.35. The first-order chi connectivity index (χ1) is 9.99. The van der Waals surface area contributed by atoms with Gasteiger partial charge in [0.05, 0.1) is 17.3 Å². The molecule has 1 aromatic carbocycles. The van der Waals surface area contributed by atoms with E-state index < -0.39 is 62.8 Å². The van der Waals surface area contributed by atoms with Crippen molar-refractivity contribution in [1.82, 2.24) is 0 Å². The van der Waals surface area contributed by atoms with Crippen LogP contribution in [0.2, 0.25) is 0 Å². The van der Waals surface area contributed by atoms with E-state index >= 15 is 0 Å². The van der Waals surface area contributed by atoms with Crippen LogP contribution in [-0.4, -0.2) is 49.2 Å². The van der Waals surface area contributed by atoms with Gasteiger partial charge < -0.3 is 0 Å². The first-order valence-electron chi connectivity index (χ1n) is 5.56. The number of azo groups is 1. The zero-order chi connectivity index (χ0) is 16.8. The second-order valence-electron chi connectivity index (χ2n) is 4.14. The second-order valence-corrected chi connectivity index (χ2v) is 9.19. The summed E-state index contributed by atoms with van der Waals surface area (Å²) < 4.78 is 84.3. The van der Waals surface area contributed by atoms with Crippen LogP contribution in [0.3, 0.4) is 0 Å². The molecule has 0 saturated heterocycles. The summed E-state index contributed by atoms with van der Waals surface area (Å²) in [6.45, 7) is -0.606. The van der Waals surface area contributed by atoms with Crippen LogP contribution in [0, 0.1) is 0 Å². The summed E-state index contributed by atoms with van der Waals surface area (Å²) in [6.07, 6.45) is 0. The lowest BCUT2D eigenvalue weighted by molar-refractivity contribution is 0.341. The van der Waals surface area contributed by atoms with Crippen molar-refractivity contribution in [2.75, 3.05) is 19.4 Å². The Kier molecular flexibility index (Phi) is 4.12. The smallest absolute Gasteiger partial charge is 0.282 e. The van der Waals surface area contributed by atoms with Crippen molar-refractivity contribution < 1.29 is 34.0 Å². The molecule has 0 unspecified atom stereocenters. The molecule has 0 radical (unpaired) electrons. The van der Waals surface area contributed by atoms with Gasteiger partial charge in [-0.1, -0.05) is 0 Å². The van der Waals surface area contributed by atoms with E-state index in [1.807, 2.05) is 0 Å². The molecular weight excluding hydrogens is 360 g/mol. The van der Waals surface area contributed by atoms with E-state index in [2.05, 4.69) is 14.4 Å². The zero-order valence-corrected chi connectivity index (χ0v) is 13.4. The summed E-state index contributed by atoms with van der Waals surface area (Å²) in [5, 5.41) is 6.72. The van der Waals surface area contributed by atoms with Gasteiger partial charge in [-0.05, 0) is 12.1 Å². The Balaban J connectivity index is 3.00. The van der Waals surface area contributed by atoms with Gasteiger partial charge in [0.2, 0.25) is 0 Å². The minimum atomic E-state index is -4.86. The topological polar surface area (TPSA) is 157 Å². The third kappa shape index (κ3) is 3.03. The Labute approximate surface area is 126 Å². The van der Waals surface area contributed by atoms with Crippen LogP contribution in [0.1, 0.15) is 0 Å². The molecule has 13 heteroatoms. The Hall–Kier alpha value is -1.41. The minimum absolute atomic E-state index is 0.493. The number of benzene rings is 1. The van der Waals surface area contributed by atoms with Gasteiger partial charge in [-0.2, -0.15) is 27.1 Å². The summed E-state index contributed by atoms with van der Waals surface area (Å²) in [5.74, 6) is -0.604. The standard InChI is InChI=1S/C9H10N2O8S3/c1-10-11-6-4-8-9(5-7(6)21(14,15)16)22(17,18)19-2-3-20(8,12)13/h4-5H,2-3H2,1H3,(H,14,15,16)/b11-10+. The number of nitrogens with zero attached hydrogens (tertiary/aromatic N) is 2. The minimum Gasteiger partial charge on any atom is -0.282 e. The van der Waals surface area contributed by atoms with Gasteiger partial charge in [0, 0.05) is 7.05 Å². The zero-order valence-electron chi connectivity index (χ0n) is 11.0. The van der Waals surface area contributed by atoms with Crippen molar-refractivity contribution in [2.45, 2.75) is 14.7 Å². The van der Waals surface area contributed by atoms with Crippen LogP contribution >= 0.6 is 0 Å². The van der Waals surface area contributed by atoms with Crippen LogP contribution in [0.25, 0.3) is 0 Å². The normalized spacial score (nSPS) is 20.5. The molecule has 0 bridgehead atoms. The van der Waals surface area contributed by atoms with Gasteiger partial charge in [-0.3, -0.25) is 8.74 Å². The first kappa shape index (κ1) is 17.0. The van der Waals surface area contributed by atoms with Crippen molar-refractivity contribution in [2.24, 2.45) is 10.2 Å². The summed E-state index contributed by atoms with van der Waals surface area (Å²) in [5.41, 5.74) is -0.496. The molecule has 1 heterocycles. The molecule has 10 nitrogen and oxygen atoms in total. The molecule has 2 rings (SSSR count). The lowest BCUT2D eigenvalue weighted by Gasteiger charge is -2.09. The van der Waals surface area contributed by atoms with Crippen LogP contribution in [0.4, 0.5) is 5.69 Å². The fourth-order valence-corrected chi connectivity index (χ4v) is 5.46.